The number of amides is 1. The number of piperidine rings is 1. The van der Waals surface area contributed by atoms with Crippen LogP contribution in [0.5, 0.6) is 5.75 Å². The quantitative estimate of drug-likeness (QED) is 0.450. The van der Waals surface area contributed by atoms with E-state index < -0.39 is 17.5 Å². The Morgan fingerprint density at radius 3 is 2.62 bits per heavy atom. The zero-order valence-electron chi connectivity index (χ0n) is 18.8. The highest BCUT2D eigenvalue weighted by atomic mass is 19.1. The highest BCUT2D eigenvalue weighted by molar-refractivity contribution is 5.98. The minimum atomic E-state index is -0.780. The predicted molar refractivity (Wildman–Crippen MR) is 126 cm³/mol. The Morgan fingerprint density at radius 2 is 1.88 bits per heavy atom. The molecule has 178 valence electrons. The molecule has 0 radical (unpaired) electrons. The number of rotatable bonds is 9. The molecule has 34 heavy (non-hydrogen) atoms. The molecule has 0 spiro atoms. The number of nitrogens with zero attached hydrogens (tertiary/aromatic N) is 3. The number of carbonyl (C=O) groups excluding carboxylic acids is 1. The van der Waals surface area contributed by atoms with Crippen LogP contribution in [0, 0.1) is 11.6 Å². The summed E-state index contributed by atoms with van der Waals surface area (Å²) in [6, 6.07) is 10.3. The van der Waals surface area contributed by atoms with Crippen LogP contribution in [-0.2, 0) is 0 Å². The molecular formula is C25H27F2N5O2. The van der Waals surface area contributed by atoms with Gasteiger partial charge >= 0.3 is 0 Å². The summed E-state index contributed by atoms with van der Waals surface area (Å²) in [6.07, 6.45) is 5.82. The lowest BCUT2D eigenvalue weighted by Gasteiger charge is -2.26. The van der Waals surface area contributed by atoms with Crippen LogP contribution in [-0.4, -0.2) is 47.0 Å². The Kier molecular flexibility index (Phi) is 7.64. The van der Waals surface area contributed by atoms with Crippen LogP contribution in [0.3, 0.4) is 0 Å². The van der Waals surface area contributed by atoms with Crippen molar-refractivity contribution in [3.8, 4) is 17.0 Å². The van der Waals surface area contributed by atoms with Gasteiger partial charge in [0.25, 0.3) is 5.91 Å². The first-order valence-corrected chi connectivity index (χ1v) is 11.3. The van der Waals surface area contributed by atoms with E-state index in [9.17, 15) is 13.6 Å². The predicted octanol–water partition coefficient (Wildman–Crippen LogP) is 4.52. The molecule has 1 aliphatic heterocycles. The van der Waals surface area contributed by atoms with Crippen molar-refractivity contribution in [2.75, 3.05) is 31.6 Å². The van der Waals surface area contributed by atoms with Crippen molar-refractivity contribution in [2.24, 2.45) is 5.73 Å². The molecular weight excluding hydrogens is 440 g/mol. The molecule has 0 atom stereocenters. The minimum absolute atomic E-state index is 0.0184. The van der Waals surface area contributed by atoms with E-state index in [2.05, 4.69) is 20.2 Å². The zero-order valence-corrected chi connectivity index (χ0v) is 18.8. The number of benzene rings is 2. The van der Waals surface area contributed by atoms with E-state index >= 15 is 0 Å². The van der Waals surface area contributed by atoms with Gasteiger partial charge in [0.05, 0.1) is 17.9 Å². The molecule has 1 aromatic heterocycles. The number of halogens is 2. The van der Waals surface area contributed by atoms with Crippen LogP contribution in [0.1, 0.15) is 36.0 Å². The molecule has 1 amide bonds. The second-order valence-corrected chi connectivity index (χ2v) is 8.17. The first-order chi connectivity index (χ1) is 16.5. The highest BCUT2D eigenvalue weighted by Crippen LogP contribution is 2.27. The number of ether oxygens (including phenoxy) is 1. The topological polar surface area (TPSA) is 93.4 Å². The largest absolute Gasteiger partial charge is 0.490 e. The van der Waals surface area contributed by atoms with E-state index in [-0.39, 0.29) is 28.5 Å². The molecule has 7 nitrogen and oxygen atoms in total. The molecule has 1 aliphatic rings. The summed E-state index contributed by atoms with van der Waals surface area (Å²) in [5, 5.41) is 2.88. The van der Waals surface area contributed by atoms with Gasteiger partial charge in [0.2, 0.25) is 5.95 Å². The van der Waals surface area contributed by atoms with Crippen LogP contribution in [0.4, 0.5) is 20.4 Å². The number of primary amides is 1. The first kappa shape index (κ1) is 23.6. The average Bonchev–Trinajstić information content (AvgIpc) is 2.84. The molecule has 0 bridgehead atoms. The van der Waals surface area contributed by atoms with Crippen molar-refractivity contribution in [1.29, 1.82) is 0 Å². The third kappa shape index (κ3) is 5.85. The fourth-order valence-electron chi connectivity index (χ4n) is 3.96. The van der Waals surface area contributed by atoms with E-state index in [0.29, 0.717) is 12.3 Å². The molecule has 4 rings (SSSR count). The molecule has 3 N–H and O–H groups in total. The van der Waals surface area contributed by atoms with Gasteiger partial charge in [-0.3, -0.25) is 4.79 Å². The minimum Gasteiger partial charge on any atom is -0.490 e. The van der Waals surface area contributed by atoms with Crippen LogP contribution in [0.15, 0.2) is 48.7 Å². The number of hydrogen-bond donors (Lipinski definition) is 2. The van der Waals surface area contributed by atoms with Crippen LogP contribution >= 0.6 is 0 Å². The molecule has 2 heterocycles. The average molecular weight is 468 g/mol. The second-order valence-electron chi connectivity index (χ2n) is 8.17. The van der Waals surface area contributed by atoms with Crippen molar-refractivity contribution in [3.63, 3.8) is 0 Å². The standard InChI is InChI=1S/C25H27F2N5O2/c26-20-8-3-2-7-18(20)23-19(24(28)33)16-29-25(31-23)30-17-9-10-22(21(27)15-17)34-14-6-13-32-11-4-1-5-12-32/h2-3,7-10,15-16H,1,4-6,11-14H2,(H2,28,33)(H,29,30,31). The van der Waals surface area contributed by atoms with Gasteiger partial charge in [0.1, 0.15) is 5.82 Å². The van der Waals surface area contributed by atoms with Crippen molar-refractivity contribution < 1.29 is 18.3 Å². The fourth-order valence-corrected chi connectivity index (χ4v) is 3.96. The summed E-state index contributed by atoms with van der Waals surface area (Å²) >= 11 is 0. The third-order valence-corrected chi connectivity index (χ3v) is 5.70. The summed E-state index contributed by atoms with van der Waals surface area (Å²) in [7, 11) is 0. The zero-order chi connectivity index (χ0) is 23.9. The van der Waals surface area contributed by atoms with Gasteiger partial charge in [0.15, 0.2) is 11.6 Å². The lowest BCUT2D eigenvalue weighted by molar-refractivity contribution is 0.100. The van der Waals surface area contributed by atoms with Crippen LogP contribution in [0.2, 0.25) is 0 Å². The van der Waals surface area contributed by atoms with Crippen molar-refractivity contribution in [2.45, 2.75) is 25.7 Å². The van der Waals surface area contributed by atoms with Gasteiger partial charge in [-0.05, 0) is 56.6 Å². The lowest BCUT2D eigenvalue weighted by atomic mass is 10.1. The van der Waals surface area contributed by atoms with Gasteiger partial charge in [-0.25, -0.2) is 18.7 Å². The molecule has 2 aromatic carbocycles. The molecule has 9 heteroatoms. The number of carbonyl (C=O) groups is 1. The van der Waals surface area contributed by atoms with Crippen molar-refractivity contribution >= 4 is 17.5 Å². The number of likely N-dealkylation sites (tertiary alicyclic amines) is 1. The van der Waals surface area contributed by atoms with E-state index in [1.54, 1.807) is 12.1 Å². The second kappa shape index (κ2) is 11.0. The van der Waals surface area contributed by atoms with Crippen molar-refractivity contribution in [3.05, 3.63) is 65.9 Å². The Balaban J connectivity index is 1.42. The van der Waals surface area contributed by atoms with Gasteiger partial charge < -0.3 is 20.7 Å². The van der Waals surface area contributed by atoms with Crippen molar-refractivity contribution in [1.82, 2.24) is 14.9 Å². The molecule has 0 unspecified atom stereocenters. The summed E-state index contributed by atoms with van der Waals surface area (Å²) in [6.45, 7) is 3.62. The number of aromatic nitrogens is 2. The Hall–Kier alpha value is -3.59. The maximum atomic E-state index is 14.6. The SMILES string of the molecule is NC(=O)c1cnc(Nc2ccc(OCCCN3CCCCC3)c(F)c2)nc1-c1ccccc1F. The van der Waals surface area contributed by atoms with Gasteiger partial charge in [0, 0.05) is 30.1 Å². The first-order valence-electron chi connectivity index (χ1n) is 11.3. The summed E-state index contributed by atoms with van der Waals surface area (Å²) in [5.41, 5.74) is 5.93. The molecule has 3 aromatic rings. The van der Waals surface area contributed by atoms with Gasteiger partial charge in [-0.15, -0.1) is 0 Å². The molecule has 1 saturated heterocycles. The summed E-state index contributed by atoms with van der Waals surface area (Å²) in [4.78, 5) is 22.5. The molecule has 0 saturated carbocycles. The smallest absolute Gasteiger partial charge is 0.252 e. The van der Waals surface area contributed by atoms with E-state index in [1.807, 2.05) is 0 Å². The summed E-state index contributed by atoms with van der Waals surface area (Å²) in [5.74, 6) is -1.62. The van der Waals surface area contributed by atoms with Gasteiger partial charge in [-0.1, -0.05) is 18.6 Å². The Bertz CT molecular complexity index is 1150. The van der Waals surface area contributed by atoms with Gasteiger partial charge in [-0.2, -0.15) is 0 Å². The van der Waals surface area contributed by atoms with E-state index in [4.69, 9.17) is 10.5 Å². The number of nitrogens with two attached hydrogens (primary N) is 1. The van der Waals surface area contributed by atoms with E-state index in [1.165, 1.54) is 55.8 Å². The molecule has 1 fully saturated rings. The summed E-state index contributed by atoms with van der Waals surface area (Å²) < 4.78 is 34.5. The third-order valence-electron chi connectivity index (χ3n) is 5.70. The number of hydrogen-bond acceptors (Lipinski definition) is 6. The maximum absolute atomic E-state index is 14.6. The normalized spacial score (nSPS) is 14.1. The highest BCUT2D eigenvalue weighted by Gasteiger charge is 2.17. The monoisotopic (exact) mass is 467 g/mol. The fraction of sp³-hybridized carbons (Fsp3) is 0.320. The Labute approximate surface area is 197 Å². The van der Waals surface area contributed by atoms with Crippen LogP contribution in [0.25, 0.3) is 11.3 Å². The van der Waals surface area contributed by atoms with E-state index in [0.717, 1.165) is 26.1 Å². The van der Waals surface area contributed by atoms with Crippen LogP contribution < -0.4 is 15.8 Å². The molecule has 0 aliphatic carbocycles. The lowest BCUT2D eigenvalue weighted by Crippen LogP contribution is -2.31. The Morgan fingerprint density at radius 1 is 1.09 bits per heavy atom. The number of nitrogens with one attached hydrogen (secondary N) is 1. The maximum Gasteiger partial charge on any atom is 0.252 e. The number of anilines is 2.